The van der Waals surface area contributed by atoms with Crippen molar-refractivity contribution < 1.29 is 0 Å². The van der Waals surface area contributed by atoms with Gasteiger partial charge in [-0.15, -0.1) is 6.58 Å². The van der Waals surface area contributed by atoms with Gasteiger partial charge in [0.25, 0.3) is 0 Å². The molecule has 0 unspecified atom stereocenters. The van der Waals surface area contributed by atoms with Crippen molar-refractivity contribution in [3.05, 3.63) is 24.8 Å². The van der Waals surface area contributed by atoms with Gasteiger partial charge in [0.2, 0.25) is 0 Å². The van der Waals surface area contributed by atoms with Gasteiger partial charge >= 0.3 is 0 Å². The van der Waals surface area contributed by atoms with Crippen molar-refractivity contribution in [1.29, 1.82) is 0 Å². The summed E-state index contributed by atoms with van der Waals surface area (Å²) in [7, 11) is 0. The number of rotatable bonds is 4. The maximum absolute atomic E-state index is 3.94. The van der Waals surface area contributed by atoms with E-state index < -0.39 is 0 Å². The zero-order chi connectivity index (χ0) is 7.28. The summed E-state index contributed by atoms with van der Waals surface area (Å²) in [4.78, 5) is 0. The summed E-state index contributed by atoms with van der Waals surface area (Å²) in [6, 6.07) is 0. The lowest BCUT2D eigenvalue weighted by atomic mass is 9.97. The molecule has 0 heteroatoms. The Balaban J connectivity index is 3.58. The van der Waals surface area contributed by atoms with Gasteiger partial charge in [0, 0.05) is 0 Å². The van der Waals surface area contributed by atoms with Gasteiger partial charge in [-0.2, -0.15) is 0 Å². The van der Waals surface area contributed by atoms with E-state index in [0.29, 0.717) is 5.92 Å². The minimum absolute atomic E-state index is 0.618. The first-order chi connectivity index (χ1) is 4.22. The van der Waals surface area contributed by atoms with Gasteiger partial charge in [-0.05, 0) is 18.8 Å². The van der Waals surface area contributed by atoms with E-state index in [9.17, 15) is 0 Å². The molecule has 0 rings (SSSR count). The fourth-order valence-corrected chi connectivity index (χ4v) is 0.765. The molecule has 0 amide bonds. The van der Waals surface area contributed by atoms with Crippen LogP contribution in [0.3, 0.4) is 0 Å². The standard InChI is InChI=1S/C9H16/c1-5-7-9(4)8(3)6-2/h5,9H,1,3,6-7H2,2,4H3/t9-/m0/s1. The molecule has 0 saturated carbocycles. The monoisotopic (exact) mass is 124 g/mol. The van der Waals surface area contributed by atoms with Gasteiger partial charge in [-0.3, -0.25) is 0 Å². The van der Waals surface area contributed by atoms with Gasteiger partial charge in [-0.25, -0.2) is 0 Å². The minimum Gasteiger partial charge on any atom is -0.103 e. The normalized spacial score (nSPS) is 12.7. The summed E-state index contributed by atoms with van der Waals surface area (Å²) in [6.07, 6.45) is 4.10. The second-order valence-electron chi connectivity index (χ2n) is 2.44. The van der Waals surface area contributed by atoms with E-state index in [2.05, 4.69) is 27.0 Å². The molecule has 0 N–H and O–H groups in total. The molecular formula is C9H16. The van der Waals surface area contributed by atoms with E-state index >= 15 is 0 Å². The molecule has 1 atom stereocenters. The Hall–Kier alpha value is -0.520. The SMILES string of the molecule is C=CC[C@H](C)C(=C)CC. The Labute approximate surface area is 58.3 Å². The largest absolute Gasteiger partial charge is 0.103 e. The highest BCUT2D eigenvalue weighted by molar-refractivity contribution is 4.99. The van der Waals surface area contributed by atoms with Gasteiger partial charge < -0.3 is 0 Å². The predicted molar refractivity (Wildman–Crippen MR) is 43.4 cm³/mol. The third kappa shape index (κ3) is 3.12. The van der Waals surface area contributed by atoms with E-state index in [1.165, 1.54) is 5.57 Å². The molecule has 0 aliphatic carbocycles. The average Bonchev–Trinajstić information content (AvgIpc) is 1.87. The topological polar surface area (TPSA) is 0 Å². The van der Waals surface area contributed by atoms with E-state index in [4.69, 9.17) is 0 Å². The average molecular weight is 124 g/mol. The Morgan fingerprint density at radius 2 is 2.22 bits per heavy atom. The van der Waals surface area contributed by atoms with Crippen LogP contribution < -0.4 is 0 Å². The van der Waals surface area contributed by atoms with E-state index in [0.717, 1.165) is 12.8 Å². The zero-order valence-electron chi connectivity index (χ0n) is 6.48. The highest BCUT2D eigenvalue weighted by Gasteiger charge is 2.00. The van der Waals surface area contributed by atoms with Gasteiger partial charge in [0.15, 0.2) is 0 Å². The molecule has 0 aliphatic rings. The van der Waals surface area contributed by atoms with E-state index in [1.807, 2.05) is 6.08 Å². The van der Waals surface area contributed by atoms with Crippen LogP contribution in [-0.2, 0) is 0 Å². The van der Waals surface area contributed by atoms with Crippen molar-refractivity contribution in [3.63, 3.8) is 0 Å². The molecule has 0 aromatic rings. The molecule has 0 fully saturated rings. The molecule has 0 saturated heterocycles. The first-order valence-corrected chi connectivity index (χ1v) is 3.50. The Bertz CT molecular complexity index is 101. The minimum atomic E-state index is 0.618. The van der Waals surface area contributed by atoms with Crippen molar-refractivity contribution in [2.75, 3.05) is 0 Å². The first kappa shape index (κ1) is 8.48. The van der Waals surface area contributed by atoms with Crippen LogP contribution in [0.1, 0.15) is 26.7 Å². The van der Waals surface area contributed by atoms with Crippen LogP contribution in [0.5, 0.6) is 0 Å². The van der Waals surface area contributed by atoms with Crippen LogP contribution in [0.4, 0.5) is 0 Å². The van der Waals surface area contributed by atoms with Gasteiger partial charge in [-0.1, -0.05) is 32.1 Å². The van der Waals surface area contributed by atoms with Crippen LogP contribution in [0.2, 0.25) is 0 Å². The van der Waals surface area contributed by atoms with Crippen molar-refractivity contribution in [1.82, 2.24) is 0 Å². The molecule has 0 spiro atoms. The highest BCUT2D eigenvalue weighted by atomic mass is 14.1. The van der Waals surface area contributed by atoms with Gasteiger partial charge in [0.1, 0.15) is 0 Å². The summed E-state index contributed by atoms with van der Waals surface area (Å²) >= 11 is 0. The Morgan fingerprint density at radius 3 is 2.56 bits per heavy atom. The molecule has 0 heterocycles. The highest BCUT2D eigenvalue weighted by Crippen LogP contribution is 2.15. The van der Waals surface area contributed by atoms with Crippen LogP contribution in [-0.4, -0.2) is 0 Å². The lowest BCUT2D eigenvalue weighted by molar-refractivity contribution is 0.672. The van der Waals surface area contributed by atoms with Crippen molar-refractivity contribution >= 4 is 0 Å². The molecule has 52 valence electrons. The van der Waals surface area contributed by atoms with Crippen molar-refractivity contribution in [2.45, 2.75) is 26.7 Å². The first-order valence-electron chi connectivity index (χ1n) is 3.50. The molecule has 0 aliphatic heterocycles. The molecule has 0 nitrogen and oxygen atoms in total. The summed E-state index contributed by atoms with van der Waals surface area (Å²) in [5, 5.41) is 0. The zero-order valence-corrected chi connectivity index (χ0v) is 6.48. The Kier molecular flexibility index (Phi) is 4.12. The molecule has 0 radical (unpaired) electrons. The van der Waals surface area contributed by atoms with E-state index in [1.54, 1.807) is 0 Å². The molecule has 0 aromatic heterocycles. The fraction of sp³-hybridized carbons (Fsp3) is 0.556. The Morgan fingerprint density at radius 1 is 1.67 bits per heavy atom. The lowest BCUT2D eigenvalue weighted by Gasteiger charge is -2.08. The predicted octanol–water partition coefficient (Wildman–Crippen LogP) is 3.16. The molecule has 9 heavy (non-hydrogen) atoms. The van der Waals surface area contributed by atoms with E-state index in [-0.39, 0.29) is 0 Å². The number of hydrogen-bond acceptors (Lipinski definition) is 0. The summed E-state index contributed by atoms with van der Waals surface area (Å²) < 4.78 is 0. The molecular weight excluding hydrogens is 108 g/mol. The third-order valence-corrected chi connectivity index (χ3v) is 1.67. The van der Waals surface area contributed by atoms with Gasteiger partial charge in [0.05, 0.1) is 0 Å². The summed E-state index contributed by atoms with van der Waals surface area (Å²) in [6.45, 7) is 11.9. The van der Waals surface area contributed by atoms with Crippen molar-refractivity contribution in [3.8, 4) is 0 Å². The summed E-state index contributed by atoms with van der Waals surface area (Å²) in [5.74, 6) is 0.618. The third-order valence-electron chi connectivity index (χ3n) is 1.67. The maximum Gasteiger partial charge on any atom is -0.0200 e. The summed E-state index contributed by atoms with van der Waals surface area (Å²) in [5.41, 5.74) is 1.33. The van der Waals surface area contributed by atoms with Crippen LogP contribution in [0.15, 0.2) is 24.8 Å². The van der Waals surface area contributed by atoms with Crippen molar-refractivity contribution in [2.24, 2.45) is 5.92 Å². The van der Waals surface area contributed by atoms with Crippen LogP contribution in [0.25, 0.3) is 0 Å². The smallest absolute Gasteiger partial charge is 0.0200 e. The maximum atomic E-state index is 3.94. The quantitative estimate of drug-likeness (QED) is 0.505. The number of allylic oxidation sites excluding steroid dienone is 2. The van der Waals surface area contributed by atoms with Crippen LogP contribution >= 0.6 is 0 Å². The molecule has 0 bridgehead atoms. The lowest BCUT2D eigenvalue weighted by Crippen LogP contribution is -1.94. The molecule has 0 aromatic carbocycles. The fourth-order valence-electron chi connectivity index (χ4n) is 0.765. The van der Waals surface area contributed by atoms with Crippen LogP contribution in [0, 0.1) is 5.92 Å². The number of hydrogen-bond donors (Lipinski definition) is 0. The second kappa shape index (κ2) is 4.37. The second-order valence-corrected chi connectivity index (χ2v) is 2.44.